The minimum atomic E-state index is -0.515. The monoisotopic (exact) mass is 1550 g/mol. The van der Waals surface area contributed by atoms with Crippen LogP contribution in [0.25, 0.3) is 83.3 Å². The van der Waals surface area contributed by atoms with Crippen molar-refractivity contribution in [2.45, 2.75) is 59.7 Å². The van der Waals surface area contributed by atoms with Gasteiger partial charge in [-0.15, -0.1) is 0 Å². The van der Waals surface area contributed by atoms with E-state index < -0.39 is 6.04 Å². The highest BCUT2D eigenvalue weighted by Crippen LogP contribution is 2.36. The van der Waals surface area contributed by atoms with Crippen LogP contribution in [-0.2, 0) is 21.1 Å². The van der Waals surface area contributed by atoms with Gasteiger partial charge in [-0.1, -0.05) is 139 Å². The van der Waals surface area contributed by atoms with Crippen LogP contribution >= 0.6 is 0 Å². The Hall–Kier alpha value is -15.9. The summed E-state index contributed by atoms with van der Waals surface area (Å²) in [5.74, 6) is 18.1. The molecule has 6 aromatic carbocycles. The third-order valence-electron chi connectivity index (χ3n) is 19.8. The highest BCUT2D eigenvalue weighted by atomic mass is 19.1. The van der Waals surface area contributed by atoms with E-state index in [0.717, 1.165) is 94.2 Å². The molecule has 0 fully saturated rings. The molecular formula is C93H74FN21O3. The third-order valence-corrected chi connectivity index (χ3v) is 19.8. The predicted molar refractivity (Wildman–Crippen MR) is 450 cm³/mol. The van der Waals surface area contributed by atoms with Gasteiger partial charge in [-0.25, -0.2) is 48.3 Å². The average molecular weight is 1550 g/mol. The molecule has 118 heavy (non-hydrogen) atoms. The quantitative estimate of drug-likeness (QED) is 0.0960. The van der Waals surface area contributed by atoms with E-state index in [-0.39, 0.29) is 35.6 Å². The van der Waals surface area contributed by atoms with Gasteiger partial charge in [-0.05, 0) is 120 Å². The Morgan fingerprint density at radius 2 is 0.983 bits per heavy atom. The second-order valence-corrected chi connectivity index (χ2v) is 28.2. The minimum absolute atomic E-state index is 0.237. The van der Waals surface area contributed by atoms with Crippen LogP contribution in [-0.4, -0.2) is 106 Å². The van der Waals surface area contributed by atoms with Crippen LogP contribution in [0, 0.1) is 62.1 Å². The van der Waals surface area contributed by atoms with Gasteiger partial charge < -0.3 is 16.0 Å². The molecule has 0 aliphatic rings. The lowest BCUT2D eigenvalue weighted by Crippen LogP contribution is -2.29. The van der Waals surface area contributed by atoms with Crippen molar-refractivity contribution in [2.75, 3.05) is 0 Å². The standard InChI is InChI=1S/C31H24FN7O.2C31H25N7O/c1-19-28(30-33-13-6-14-39(30)37-19)31(40)35-20(2)29-26(23-8-4-9-24(32)15-23)16-25-22(7-5-10-27(25)36-29)12-11-21-17-34-38(3)18-21;1-20(35-31(39)30-21(2)34-27-13-8-16-32-38(27)30)26-17-25-12-7-11-24(15-14-22-18-33-37(3)19-22)28(25)36-29(26)23-9-5-4-6-10-23;1-20(35-31(39)27-21(2)33-19-38-15-14-32-30(27)38)26-16-25-11-7-10-24(13-12-22-17-34-37(3)18-22)28(25)36-29(26)23-8-5-4-6-9-23/h4-10,13-18,20H,1-3H3,(H,35,40);4-13,16-20H,1-3H3,(H,35,39);4-11,14-20H,1-3H3,(H,35,39)/t;2*20-/m.00/s1. The SMILES string of the molecule is Cc1nc2cccnn2c1C(=O)N[C@@H](C)c1cc2cccc(C#Cc3cnn(C)c3)c2nc1-c1ccccc1.Cc1ncn2ccnc2c1C(=O)N[C@@H](C)c1cc2cccc(C#Cc3cnn(C)c3)c2nc1-c1ccccc1.Cc1nn2cccnc2c1C(=O)NC(C)c1nc2cccc(C#Cc3cnn(C)c3)c2cc1-c1cccc(F)c1. The number of nitrogens with one attached hydrogen (secondary N) is 3. The molecule has 12 aromatic heterocycles. The van der Waals surface area contributed by atoms with Crippen LogP contribution in [0.15, 0.2) is 250 Å². The first-order valence-corrected chi connectivity index (χ1v) is 37.8. The Bertz CT molecular complexity index is 7140. The first kappa shape index (κ1) is 76.1. The summed E-state index contributed by atoms with van der Waals surface area (Å²) in [6, 6.07) is 54.3. The number of pyridine rings is 3. The van der Waals surface area contributed by atoms with E-state index in [1.54, 1.807) is 109 Å². The first-order valence-electron chi connectivity index (χ1n) is 37.8. The molecule has 1 unspecified atom stereocenters. The highest BCUT2D eigenvalue weighted by molar-refractivity contribution is 6.03. The van der Waals surface area contributed by atoms with Crippen molar-refractivity contribution in [1.29, 1.82) is 0 Å². The Morgan fingerprint density at radius 3 is 1.57 bits per heavy atom. The average Bonchev–Trinajstić information content (AvgIpc) is 1.64. The summed E-state index contributed by atoms with van der Waals surface area (Å²) in [5.41, 5.74) is 19.2. The zero-order valence-electron chi connectivity index (χ0n) is 65.6. The van der Waals surface area contributed by atoms with Crippen molar-refractivity contribution in [3.63, 3.8) is 0 Å². The van der Waals surface area contributed by atoms with E-state index in [2.05, 4.69) is 109 Å². The Kier molecular flexibility index (Phi) is 21.3. The van der Waals surface area contributed by atoms with Gasteiger partial charge in [0.25, 0.3) is 17.7 Å². The number of hydrogen-bond donors (Lipinski definition) is 3. The second kappa shape index (κ2) is 33.0. The fourth-order valence-electron chi connectivity index (χ4n) is 14.1. The normalized spacial score (nSPS) is 11.8. The van der Waals surface area contributed by atoms with E-state index in [0.29, 0.717) is 73.2 Å². The number of carbonyl (C=O) groups excluding carboxylic acids is 3. The molecule has 0 radical (unpaired) electrons. The lowest BCUT2D eigenvalue weighted by Gasteiger charge is -2.19. The summed E-state index contributed by atoms with van der Waals surface area (Å²) >= 11 is 0. The number of rotatable bonds is 12. The molecule has 25 heteroatoms. The molecule has 3 N–H and O–H groups in total. The van der Waals surface area contributed by atoms with E-state index in [9.17, 15) is 18.8 Å². The van der Waals surface area contributed by atoms with Gasteiger partial charge >= 0.3 is 0 Å². The van der Waals surface area contributed by atoms with Crippen LogP contribution < -0.4 is 16.0 Å². The summed E-state index contributed by atoms with van der Waals surface area (Å²) < 4.78 is 24.4. The number of carbonyl (C=O) groups is 3. The summed E-state index contributed by atoms with van der Waals surface area (Å²) in [6.07, 6.45) is 20.9. The van der Waals surface area contributed by atoms with Gasteiger partial charge in [0, 0.05) is 120 Å². The molecule has 3 amide bonds. The summed E-state index contributed by atoms with van der Waals surface area (Å²) in [7, 11) is 5.57. The minimum Gasteiger partial charge on any atom is -0.345 e. The topological polar surface area (TPSA) is 270 Å². The molecule has 0 saturated carbocycles. The molecule has 12 heterocycles. The molecule has 24 nitrogen and oxygen atoms in total. The van der Waals surface area contributed by atoms with Crippen LogP contribution in [0.2, 0.25) is 0 Å². The van der Waals surface area contributed by atoms with Crippen molar-refractivity contribution < 1.29 is 18.8 Å². The van der Waals surface area contributed by atoms with Gasteiger partial charge in [0.15, 0.2) is 22.6 Å². The molecule has 18 rings (SSSR count). The van der Waals surface area contributed by atoms with Crippen molar-refractivity contribution in [2.24, 2.45) is 21.1 Å². The van der Waals surface area contributed by atoms with Gasteiger partial charge in [0.05, 0.1) is 115 Å². The summed E-state index contributed by atoms with van der Waals surface area (Å²) in [6.45, 7) is 11.2. The van der Waals surface area contributed by atoms with Gasteiger partial charge in [0.2, 0.25) is 0 Å². The smallest absolute Gasteiger partial charge is 0.272 e. The maximum atomic E-state index is 14.3. The van der Waals surface area contributed by atoms with Crippen LogP contribution in [0.3, 0.4) is 0 Å². The maximum Gasteiger partial charge on any atom is 0.272 e. The highest BCUT2D eigenvalue weighted by Gasteiger charge is 2.27. The fraction of sp³-hybridized carbons (Fsp3) is 0.129. The number of para-hydroxylation sites is 2. The number of aromatic nitrogens is 18. The Balaban J connectivity index is 0.000000132. The van der Waals surface area contributed by atoms with Gasteiger partial charge in [-0.3, -0.25) is 32.8 Å². The first-order chi connectivity index (χ1) is 57.3. The van der Waals surface area contributed by atoms with Crippen LogP contribution in [0.4, 0.5) is 4.39 Å². The van der Waals surface area contributed by atoms with Crippen LogP contribution in [0.1, 0.15) is 137 Å². The number of amides is 3. The molecule has 0 saturated heterocycles. The predicted octanol–water partition coefficient (Wildman–Crippen LogP) is 14.8. The lowest BCUT2D eigenvalue weighted by molar-refractivity contribution is 0.0925. The van der Waals surface area contributed by atoms with E-state index in [4.69, 9.17) is 15.0 Å². The number of hydrogen-bond acceptors (Lipinski definition) is 15. The summed E-state index contributed by atoms with van der Waals surface area (Å²) in [5, 5.41) is 33.4. The lowest BCUT2D eigenvalue weighted by atomic mass is 9.96. The van der Waals surface area contributed by atoms with Crippen LogP contribution in [0.5, 0.6) is 0 Å². The van der Waals surface area contributed by atoms with Crippen molar-refractivity contribution in [1.82, 2.24) is 104 Å². The van der Waals surface area contributed by atoms with E-state index in [1.807, 2.05) is 208 Å². The molecule has 0 aliphatic heterocycles. The van der Waals surface area contributed by atoms with Gasteiger partial charge in [-0.2, -0.15) is 25.5 Å². The molecular weight excluding hydrogens is 1480 g/mol. The molecule has 0 bridgehead atoms. The second-order valence-electron chi connectivity index (χ2n) is 28.2. The number of fused-ring (bicyclic) bond motifs is 6. The zero-order valence-corrected chi connectivity index (χ0v) is 65.6. The number of benzene rings is 6. The molecule has 0 spiro atoms. The van der Waals surface area contributed by atoms with Crippen molar-refractivity contribution in [3.05, 3.63) is 340 Å². The number of halogens is 1. The molecule has 0 aliphatic carbocycles. The molecule has 3 atom stereocenters. The number of imidazole rings is 2. The number of aryl methyl sites for hydroxylation is 6. The van der Waals surface area contributed by atoms with Crippen molar-refractivity contribution in [3.8, 4) is 69.2 Å². The van der Waals surface area contributed by atoms with Gasteiger partial charge in [0.1, 0.15) is 23.3 Å². The largest absolute Gasteiger partial charge is 0.345 e. The summed E-state index contributed by atoms with van der Waals surface area (Å²) in [4.78, 5) is 73.2. The third kappa shape index (κ3) is 16.1. The Labute approximate surface area is 676 Å². The zero-order chi connectivity index (χ0) is 81.7. The maximum absolute atomic E-state index is 14.3. The van der Waals surface area contributed by atoms with E-state index in [1.165, 1.54) is 12.1 Å². The van der Waals surface area contributed by atoms with E-state index >= 15 is 0 Å². The fourth-order valence-corrected chi connectivity index (χ4v) is 14.1. The number of nitrogens with zero attached hydrogens (tertiary/aromatic N) is 18. The van der Waals surface area contributed by atoms with Crippen molar-refractivity contribution >= 4 is 67.4 Å². The molecule has 576 valence electrons. The molecule has 18 aromatic rings. The Morgan fingerprint density at radius 1 is 0.449 bits per heavy atom.